The van der Waals surface area contributed by atoms with Gasteiger partial charge in [0.25, 0.3) is 5.91 Å². The Kier molecular flexibility index (Phi) is 6.92. The molecule has 2 aromatic carbocycles. The molecule has 1 aliphatic rings. The van der Waals surface area contributed by atoms with Crippen LogP contribution in [0, 0.1) is 6.92 Å². The molecule has 1 aliphatic heterocycles. The van der Waals surface area contributed by atoms with Crippen LogP contribution in [-0.2, 0) is 21.2 Å². The summed E-state index contributed by atoms with van der Waals surface area (Å²) in [5, 5.41) is 2.94. The number of aryl methyl sites for hydroxylation is 2. The van der Waals surface area contributed by atoms with Gasteiger partial charge in [-0.3, -0.25) is 4.79 Å². The molecule has 1 amide bonds. The van der Waals surface area contributed by atoms with Crippen LogP contribution in [0.15, 0.2) is 53.4 Å². The van der Waals surface area contributed by atoms with E-state index in [1.807, 2.05) is 50.2 Å². The number of hydrogen-bond acceptors (Lipinski definition) is 4. The van der Waals surface area contributed by atoms with Crippen LogP contribution in [0.1, 0.15) is 30.9 Å². The molecule has 6 nitrogen and oxygen atoms in total. The van der Waals surface area contributed by atoms with Crippen LogP contribution in [0.2, 0.25) is 0 Å². The first kappa shape index (κ1) is 21.3. The lowest BCUT2D eigenvalue weighted by atomic mass is 10.1. The minimum atomic E-state index is -3.49. The number of nitrogens with zero attached hydrogens (tertiary/aromatic N) is 1. The minimum Gasteiger partial charge on any atom is -0.484 e. The summed E-state index contributed by atoms with van der Waals surface area (Å²) in [7, 11) is -3.49. The molecule has 2 aromatic rings. The van der Waals surface area contributed by atoms with E-state index >= 15 is 0 Å². The van der Waals surface area contributed by atoms with Gasteiger partial charge in [0.15, 0.2) is 6.61 Å². The highest BCUT2D eigenvalue weighted by Gasteiger charge is 2.29. The van der Waals surface area contributed by atoms with E-state index in [1.54, 1.807) is 12.1 Å². The Balaban J connectivity index is 1.47. The first-order valence-corrected chi connectivity index (χ1v) is 11.4. The van der Waals surface area contributed by atoms with Crippen molar-refractivity contribution in [1.82, 2.24) is 9.62 Å². The molecular weight excluding hydrogens is 388 g/mol. The average molecular weight is 417 g/mol. The normalized spacial score (nSPS) is 15.8. The third kappa shape index (κ3) is 5.58. The molecule has 0 bridgehead atoms. The smallest absolute Gasteiger partial charge is 0.258 e. The second-order valence-electron chi connectivity index (χ2n) is 7.35. The van der Waals surface area contributed by atoms with Crippen LogP contribution in [-0.4, -0.2) is 44.4 Å². The zero-order chi connectivity index (χ0) is 20.9. The molecule has 3 rings (SSSR count). The van der Waals surface area contributed by atoms with Crippen LogP contribution in [0.4, 0.5) is 0 Å². The lowest BCUT2D eigenvalue weighted by Gasteiger charge is -2.31. The quantitative estimate of drug-likeness (QED) is 0.753. The molecule has 156 valence electrons. The van der Waals surface area contributed by atoms with Gasteiger partial charge in [-0.25, -0.2) is 8.42 Å². The Morgan fingerprint density at radius 1 is 1.07 bits per heavy atom. The first-order chi connectivity index (χ1) is 13.9. The predicted molar refractivity (Wildman–Crippen MR) is 112 cm³/mol. The molecule has 0 unspecified atom stereocenters. The SMILES string of the molecule is CCc1ccc(S(=O)(=O)N2CCC(NC(=O)COc3ccc(C)cc3)CC2)cc1. The second-order valence-corrected chi connectivity index (χ2v) is 9.28. The molecule has 1 saturated heterocycles. The maximum atomic E-state index is 12.8. The van der Waals surface area contributed by atoms with E-state index in [0.717, 1.165) is 17.5 Å². The van der Waals surface area contributed by atoms with E-state index in [9.17, 15) is 13.2 Å². The van der Waals surface area contributed by atoms with Crippen molar-refractivity contribution in [2.45, 2.75) is 44.0 Å². The van der Waals surface area contributed by atoms with Crippen LogP contribution < -0.4 is 10.1 Å². The molecule has 1 heterocycles. The maximum absolute atomic E-state index is 12.8. The number of hydrogen-bond donors (Lipinski definition) is 1. The van der Waals surface area contributed by atoms with Crippen molar-refractivity contribution >= 4 is 15.9 Å². The monoisotopic (exact) mass is 416 g/mol. The Morgan fingerprint density at radius 3 is 2.28 bits per heavy atom. The number of amides is 1. The summed E-state index contributed by atoms with van der Waals surface area (Å²) in [4.78, 5) is 12.5. The molecule has 0 aromatic heterocycles. The highest BCUT2D eigenvalue weighted by molar-refractivity contribution is 7.89. The first-order valence-electron chi connectivity index (χ1n) is 9.96. The summed E-state index contributed by atoms with van der Waals surface area (Å²) in [5.74, 6) is 0.461. The average Bonchev–Trinajstić information content (AvgIpc) is 2.74. The van der Waals surface area contributed by atoms with Gasteiger partial charge in [-0.1, -0.05) is 36.8 Å². The molecule has 0 saturated carbocycles. The minimum absolute atomic E-state index is 0.0435. The Bertz CT molecular complexity index is 916. The van der Waals surface area contributed by atoms with Gasteiger partial charge >= 0.3 is 0 Å². The van der Waals surface area contributed by atoms with Crippen LogP contribution >= 0.6 is 0 Å². The summed E-state index contributed by atoms with van der Waals surface area (Å²) in [6.45, 7) is 4.76. The standard InChI is InChI=1S/C22H28N2O4S/c1-3-18-6-10-21(11-7-18)29(26,27)24-14-12-19(13-15-24)23-22(25)16-28-20-8-4-17(2)5-9-20/h4-11,19H,3,12-16H2,1-2H3,(H,23,25). The Labute approximate surface area is 172 Å². The fourth-order valence-electron chi connectivity index (χ4n) is 3.34. The van der Waals surface area contributed by atoms with Crippen molar-refractivity contribution < 1.29 is 17.9 Å². The van der Waals surface area contributed by atoms with Crippen molar-refractivity contribution in [2.75, 3.05) is 19.7 Å². The predicted octanol–water partition coefficient (Wildman–Crippen LogP) is 2.91. The molecule has 1 fully saturated rings. The molecule has 7 heteroatoms. The fourth-order valence-corrected chi connectivity index (χ4v) is 4.81. The number of carbonyl (C=O) groups is 1. The summed E-state index contributed by atoms with van der Waals surface area (Å²) >= 11 is 0. The number of ether oxygens (including phenoxy) is 1. The van der Waals surface area contributed by atoms with Gasteiger partial charge in [-0.05, 0) is 56.0 Å². The van der Waals surface area contributed by atoms with Gasteiger partial charge in [-0.2, -0.15) is 4.31 Å². The van der Waals surface area contributed by atoms with Crippen molar-refractivity contribution in [3.63, 3.8) is 0 Å². The lowest BCUT2D eigenvalue weighted by Crippen LogP contribution is -2.47. The van der Waals surface area contributed by atoms with Gasteiger partial charge in [0.2, 0.25) is 10.0 Å². The van der Waals surface area contributed by atoms with Crippen LogP contribution in [0.3, 0.4) is 0 Å². The molecule has 1 N–H and O–H groups in total. The molecule has 0 radical (unpaired) electrons. The van der Waals surface area contributed by atoms with Crippen molar-refractivity contribution in [1.29, 1.82) is 0 Å². The Hall–Kier alpha value is -2.38. The number of nitrogens with one attached hydrogen (secondary N) is 1. The zero-order valence-corrected chi connectivity index (χ0v) is 17.7. The van der Waals surface area contributed by atoms with Crippen LogP contribution in [0.25, 0.3) is 0 Å². The number of sulfonamides is 1. The summed E-state index contributed by atoms with van der Waals surface area (Å²) in [6, 6.07) is 14.5. The summed E-state index contributed by atoms with van der Waals surface area (Å²) in [6.07, 6.45) is 2.05. The summed E-state index contributed by atoms with van der Waals surface area (Å²) in [5.41, 5.74) is 2.24. The number of rotatable bonds is 7. The van der Waals surface area contributed by atoms with E-state index < -0.39 is 10.0 Å². The van der Waals surface area contributed by atoms with E-state index in [4.69, 9.17) is 4.74 Å². The van der Waals surface area contributed by atoms with Gasteiger partial charge in [-0.15, -0.1) is 0 Å². The third-order valence-corrected chi connectivity index (χ3v) is 7.09. The molecule has 0 atom stereocenters. The highest BCUT2D eigenvalue weighted by atomic mass is 32.2. The van der Waals surface area contributed by atoms with E-state index in [2.05, 4.69) is 5.32 Å². The van der Waals surface area contributed by atoms with Gasteiger partial charge in [0.05, 0.1) is 4.90 Å². The van der Waals surface area contributed by atoms with E-state index in [0.29, 0.717) is 36.6 Å². The fraction of sp³-hybridized carbons (Fsp3) is 0.409. The second kappa shape index (κ2) is 9.41. The van der Waals surface area contributed by atoms with Crippen molar-refractivity contribution in [3.05, 3.63) is 59.7 Å². The molecule has 0 aliphatic carbocycles. The van der Waals surface area contributed by atoms with Gasteiger partial charge in [0, 0.05) is 19.1 Å². The number of carbonyl (C=O) groups excluding carboxylic acids is 1. The van der Waals surface area contributed by atoms with Gasteiger partial charge < -0.3 is 10.1 Å². The van der Waals surface area contributed by atoms with E-state index in [1.165, 1.54) is 4.31 Å². The number of piperidine rings is 1. The maximum Gasteiger partial charge on any atom is 0.258 e. The topological polar surface area (TPSA) is 75.7 Å². The van der Waals surface area contributed by atoms with E-state index in [-0.39, 0.29) is 18.6 Å². The largest absolute Gasteiger partial charge is 0.484 e. The summed E-state index contributed by atoms with van der Waals surface area (Å²) < 4.78 is 32.6. The van der Waals surface area contributed by atoms with Crippen LogP contribution in [0.5, 0.6) is 5.75 Å². The lowest BCUT2D eigenvalue weighted by molar-refractivity contribution is -0.124. The number of benzene rings is 2. The molecular formula is C22H28N2O4S. The molecule has 29 heavy (non-hydrogen) atoms. The van der Waals surface area contributed by atoms with Crippen molar-refractivity contribution in [3.8, 4) is 5.75 Å². The Morgan fingerprint density at radius 2 is 1.69 bits per heavy atom. The molecule has 0 spiro atoms. The third-order valence-electron chi connectivity index (χ3n) is 5.18. The highest BCUT2D eigenvalue weighted by Crippen LogP contribution is 2.21. The van der Waals surface area contributed by atoms with Crippen molar-refractivity contribution in [2.24, 2.45) is 0 Å². The van der Waals surface area contributed by atoms with Gasteiger partial charge in [0.1, 0.15) is 5.75 Å². The zero-order valence-electron chi connectivity index (χ0n) is 16.9.